The predicted octanol–water partition coefficient (Wildman–Crippen LogP) is 4.62. The Labute approximate surface area is 213 Å². The fourth-order valence-electron chi connectivity index (χ4n) is 3.83. The Balaban J connectivity index is 1.64. The van der Waals surface area contributed by atoms with Crippen molar-refractivity contribution in [3.63, 3.8) is 0 Å². The van der Waals surface area contributed by atoms with E-state index in [2.05, 4.69) is 20.4 Å². The largest absolute Gasteiger partial charge is 0.457 e. The fraction of sp³-hybridized carbons (Fsp3) is 0.222. The van der Waals surface area contributed by atoms with Gasteiger partial charge in [0.1, 0.15) is 46.8 Å². The Kier molecular flexibility index (Phi) is 7.44. The normalized spacial score (nSPS) is 12.4. The summed E-state index contributed by atoms with van der Waals surface area (Å²) in [6, 6.07) is 15.1. The van der Waals surface area contributed by atoms with Gasteiger partial charge >= 0.3 is 0 Å². The fourth-order valence-corrected chi connectivity index (χ4v) is 3.83. The van der Waals surface area contributed by atoms with E-state index < -0.39 is 17.8 Å². The molecule has 0 saturated heterocycles. The van der Waals surface area contributed by atoms with Crippen LogP contribution in [0.3, 0.4) is 0 Å². The lowest BCUT2D eigenvalue weighted by Crippen LogP contribution is -2.36. The first-order chi connectivity index (χ1) is 17.8. The molecule has 2 aromatic carbocycles. The van der Waals surface area contributed by atoms with Gasteiger partial charge in [0.05, 0.1) is 11.9 Å². The average Bonchev–Trinajstić information content (AvgIpc) is 3.22. The van der Waals surface area contributed by atoms with E-state index >= 15 is 4.39 Å². The summed E-state index contributed by atoms with van der Waals surface area (Å²) in [6.45, 7) is 5.75. The van der Waals surface area contributed by atoms with Crippen LogP contribution < -0.4 is 15.8 Å². The molecule has 0 spiro atoms. The third-order valence-electron chi connectivity index (χ3n) is 5.42. The average molecular weight is 500 g/mol. The van der Waals surface area contributed by atoms with Gasteiger partial charge < -0.3 is 15.8 Å². The minimum atomic E-state index is -0.554. The van der Waals surface area contributed by atoms with Crippen LogP contribution in [0.4, 0.5) is 10.2 Å². The third-order valence-corrected chi connectivity index (χ3v) is 5.42. The summed E-state index contributed by atoms with van der Waals surface area (Å²) < 4.78 is 22.5. The number of nitrogens with two attached hydrogens (primary N) is 1. The molecule has 9 nitrogen and oxygen atoms in total. The van der Waals surface area contributed by atoms with E-state index in [9.17, 15) is 10.1 Å². The summed E-state index contributed by atoms with van der Waals surface area (Å²) in [7, 11) is 0. The first-order valence-electron chi connectivity index (χ1n) is 11.7. The van der Waals surface area contributed by atoms with Gasteiger partial charge in [0, 0.05) is 17.7 Å². The monoisotopic (exact) mass is 499 g/mol. The summed E-state index contributed by atoms with van der Waals surface area (Å²) in [5.41, 5.74) is 7.05. The zero-order valence-electron chi connectivity index (χ0n) is 20.6. The second-order valence-electron chi connectivity index (χ2n) is 8.86. The molecule has 4 rings (SSSR count). The molecule has 10 heteroatoms. The zero-order valence-corrected chi connectivity index (χ0v) is 20.6. The molecule has 2 aromatic heterocycles. The number of benzene rings is 2. The molecule has 0 aliphatic carbocycles. The third kappa shape index (κ3) is 5.73. The molecule has 1 atom stereocenters. The van der Waals surface area contributed by atoms with Crippen molar-refractivity contribution in [3.8, 4) is 28.8 Å². The van der Waals surface area contributed by atoms with E-state index in [1.54, 1.807) is 41.9 Å². The number of amides is 1. The number of nitrogens with one attached hydrogen (secondary N) is 1. The molecule has 3 N–H and O–H groups in total. The lowest BCUT2D eigenvalue weighted by atomic mass is 10.1. The Morgan fingerprint density at radius 2 is 1.95 bits per heavy atom. The molecule has 188 valence electrons. The summed E-state index contributed by atoms with van der Waals surface area (Å²) >= 11 is 0. The van der Waals surface area contributed by atoms with E-state index in [-0.39, 0.29) is 35.1 Å². The second kappa shape index (κ2) is 10.9. The molecule has 0 aliphatic rings. The molecule has 1 amide bonds. The number of para-hydroxylation sites is 1. The SMILES string of the molecule is CC(C)/C=C(\C#N)C(=O)N[C@@H](C)Cn1nc(-c2ccc(Oc3ccccc3)cc2F)c2c(N)ncnc21. The number of hydrogen-bond donors (Lipinski definition) is 2. The molecule has 0 saturated carbocycles. The quantitative estimate of drug-likeness (QED) is 0.267. The molecule has 4 aromatic rings. The van der Waals surface area contributed by atoms with Crippen molar-refractivity contribution in [1.29, 1.82) is 5.26 Å². The van der Waals surface area contributed by atoms with Crippen molar-refractivity contribution in [3.05, 3.63) is 72.3 Å². The van der Waals surface area contributed by atoms with E-state index in [1.807, 2.05) is 38.1 Å². The Morgan fingerprint density at radius 3 is 2.62 bits per heavy atom. The Bertz CT molecular complexity index is 1510. The standard InChI is InChI=1S/C27H26FN7O2/c1-16(2)11-18(13-29)27(36)33-17(3)14-35-26-23(25(30)31-15-32-26)24(34-35)21-10-9-20(12-22(21)28)37-19-7-5-4-6-8-19/h4-12,15-17H,14H2,1-3H3,(H,33,36)(H2,30,31,32)/b18-11+/t17-/m0/s1. The van der Waals surface area contributed by atoms with Gasteiger partial charge in [0.15, 0.2) is 5.65 Å². The number of aromatic nitrogens is 4. The van der Waals surface area contributed by atoms with Crippen LogP contribution in [0.1, 0.15) is 20.8 Å². The number of anilines is 1. The van der Waals surface area contributed by atoms with Crippen LogP contribution in [-0.4, -0.2) is 31.7 Å². The van der Waals surface area contributed by atoms with Gasteiger partial charge in [-0.25, -0.2) is 19.0 Å². The van der Waals surface area contributed by atoms with Gasteiger partial charge in [0.2, 0.25) is 0 Å². The highest BCUT2D eigenvalue weighted by Crippen LogP contribution is 2.34. The van der Waals surface area contributed by atoms with Crippen LogP contribution in [0.25, 0.3) is 22.3 Å². The first-order valence-corrected chi connectivity index (χ1v) is 11.7. The van der Waals surface area contributed by atoms with Crippen LogP contribution in [0.5, 0.6) is 11.5 Å². The second-order valence-corrected chi connectivity index (χ2v) is 8.86. The van der Waals surface area contributed by atoms with Crippen LogP contribution in [0.2, 0.25) is 0 Å². The van der Waals surface area contributed by atoms with Crippen molar-refractivity contribution in [1.82, 2.24) is 25.1 Å². The van der Waals surface area contributed by atoms with E-state index in [0.717, 1.165) is 0 Å². The van der Waals surface area contributed by atoms with E-state index in [4.69, 9.17) is 10.5 Å². The van der Waals surface area contributed by atoms with Crippen molar-refractivity contribution in [2.75, 3.05) is 5.73 Å². The number of rotatable bonds is 8. The molecule has 2 heterocycles. The minimum Gasteiger partial charge on any atom is -0.457 e. The number of ether oxygens (including phenoxy) is 1. The van der Waals surface area contributed by atoms with Gasteiger partial charge in [-0.15, -0.1) is 0 Å². The van der Waals surface area contributed by atoms with Crippen molar-refractivity contribution < 1.29 is 13.9 Å². The minimum absolute atomic E-state index is 0.0410. The number of nitrogen functional groups attached to an aromatic ring is 1. The number of carbonyl (C=O) groups excluding carboxylic acids is 1. The highest BCUT2D eigenvalue weighted by Gasteiger charge is 2.22. The lowest BCUT2D eigenvalue weighted by molar-refractivity contribution is -0.117. The number of hydrogen-bond acceptors (Lipinski definition) is 7. The van der Waals surface area contributed by atoms with Crippen molar-refractivity contribution in [2.45, 2.75) is 33.4 Å². The summed E-state index contributed by atoms with van der Waals surface area (Å²) in [4.78, 5) is 20.9. The van der Waals surface area contributed by atoms with Crippen molar-refractivity contribution >= 4 is 22.8 Å². The maximum atomic E-state index is 15.3. The molecule has 0 radical (unpaired) electrons. The molecule has 0 unspecified atom stereocenters. The van der Waals surface area contributed by atoms with Gasteiger partial charge in [-0.1, -0.05) is 38.1 Å². The van der Waals surface area contributed by atoms with Crippen LogP contribution in [0.15, 0.2) is 66.5 Å². The van der Waals surface area contributed by atoms with Gasteiger partial charge in [0.25, 0.3) is 5.91 Å². The number of fused-ring (bicyclic) bond motifs is 1. The highest BCUT2D eigenvalue weighted by atomic mass is 19.1. The maximum absolute atomic E-state index is 15.3. The van der Waals surface area contributed by atoms with Crippen LogP contribution in [0, 0.1) is 23.1 Å². The lowest BCUT2D eigenvalue weighted by Gasteiger charge is -2.14. The molecule has 0 fully saturated rings. The van der Waals surface area contributed by atoms with E-state index in [1.165, 1.54) is 12.4 Å². The van der Waals surface area contributed by atoms with Gasteiger partial charge in [-0.05, 0) is 37.1 Å². The van der Waals surface area contributed by atoms with E-state index in [0.29, 0.717) is 22.5 Å². The highest BCUT2D eigenvalue weighted by molar-refractivity contribution is 5.99. The molecular weight excluding hydrogens is 473 g/mol. The smallest absolute Gasteiger partial charge is 0.261 e. The number of carbonyl (C=O) groups is 1. The predicted molar refractivity (Wildman–Crippen MR) is 138 cm³/mol. The number of halogens is 1. The maximum Gasteiger partial charge on any atom is 0.261 e. The zero-order chi connectivity index (χ0) is 26.5. The molecule has 0 aliphatic heterocycles. The Hall–Kier alpha value is -4.78. The van der Waals surface area contributed by atoms with Crippen molar-refractivity contribution in [2.24, 2.45) is 5.92 Å². The molecule has 37 heavy (non-hydrogen) atoms. The van der Waals surface area contributed by atoms with Gasteiger partial charge in [-0.3, -0.25) is 4.79 Å². The number of allylic oxidation sites excluding steroid dienone is 1. The van der Waals surface area contributed by atoms with Gasteiger partial charge in [-0.2, -0.15) is 10.4 Å². The first kappa shape index (κ1) is 25.3. The molecular formula is C27H26FN7O2. The molecule has 0 bridgehead atoms. The number of nitrogens with zero attached hydrogens (tertiary/aromatic N) is 5. The van der Waals surface area contributed by atoms with Crippen LogP contribution >= 0.6 is 0 Å². The topological polar surface area (TPSA) is 132 Å². The summed E-state index contributed by atoms with van der Waals surface area (Å²) in [5.74, 6) is 0.0861. The summed E-state index contributed by atoms with van der Waals surface area (Å²) in [5, 5.41) is 17.1. The Morgan fingerprint density at radius 1 is 1.19 bits per heavy atom. The summed E-state index contributed by atoms with van der Waals surface area (Å²) in [6.07, 6.45) is 2.90. The van der Waals surface area contributed by atoms with Crippen LogP contribution in [-0.2, 0) is 11.3 Å². The number of nitriles is 1.